The molecule has 0 aromatic carbocycles. The molecule has 1 aromatic heterocycles. The Hall–Kier alpha value is -2.44. The number of amides is 3. The van der Waals surface area contributed by atoms with Gasteiger partial charge < -0.3 is 16.0 Å². The first kappa shape index (κ1) is 17.6. The van der Waals surface area contributed by atoms with Crippen LogP contribution >= 0.6 is 0 Å². The lowest BCUT2D eigenvalue weighted by Crippen LogP contribution is -2.29. The molecule has 0 saturated heterocycles. The highest BCUT2D eigenvalue weighted by molar-refractivity contribution is 5.77. The van der Waals surface area contributed by atoms with Crippen LogP contribution in [0, 0.1) is 0 Å². The van der Waals surface area contributed by atoms with Crippen molar-refractivity contribution >= 4 is 18.2 Å². The van der Waals surface area contributed by atoms with Gasteiger partial charge in [0, 0.05) is 32.9 Å². The molecule has 0 fully saturated rings. The first-order valence-corrected chi connectivity index (χ1v) is 6.03. The van der Waals surface area contributed by atoms with Gasteiger partial charge in [-0.15, -0.1) is 0 Å². The molecule has 0 aliphatic rings. The second kappa shape index (κ2) is 10.5. The number of aromatic nitrogens is 1. The van der Waals surface area contributed by atoms with Gasteiger partial charge in [-0.3, -0.25) is 19.4 Å². The van der Waals surface area contributed by atoms with Gasteiger partial charge in [0.25, 0.3) is 0 Å². The smallest absolute Gasteiger partial charge is 0.237 e. The molecular weight excluding hydrogens is 260 g/mol. The highest BCUT2D eigenvalue weighted by Crippen LogP contribution is 1.94. The number of primary amides is 1. The summed E-state index contributed by atoms with van der Waals surface area (Å²) in [6.07, 6.45) is 4.93. The van der Waals surface area contributed by atoms with E-state index in [0.29, 0.717) is 13.0 Å². The maximum absolute atomic E-state index is 10.5. The summed E-state index contributed by atoms with van der Waals surface area (Å²) in [5.74, 6) is -0.488. The maximum atomic E-state index is 10.5. The summed E-state index contributed by atoms with van der Waals surface area (Å²) in [5.41, 5.74) is 5.87. The van der Waals surface area contributed by atoms with Crippen LogP contribution in [0.2, 0.25) is 0 Å². The van der Waals surface area contributed by atoms with Gasteiger partial charge in [-0.2, -0.15) is 0 Å². The Balaban J connectivity index is 0.000000396. The van der Waals surface area contributed by atoms with E-state index < -0.39 is 5.91 Å². The van der Waals surface area contributed by atoms with E-state index in [9.17, 15) is 14.4 Å². The molecule has 0 spiro atoms. The summed E-state index contributed by atoms with van der Waals surface area (Å²) >= 11 is 0. The Morgan fingerprint density at radius 1 is 1.50 bits per heavy atom. The van der Waals surface area contributed by atoms with Crippen LogP contribution in [0.25, 0.3) is 0 Å². The van der Waals surface area contributed by atoms with E-state index in [1.807, 2.05) is 18.3 Å². The second-order valence-electron chi connectivity index (χ2n) is 4.08. The molecule has 0 bridgehead atoms. The lowest BCUT2D eigenvalue weighted by atomic mass is 10.2. The highest BCUT2D eigenvalue weighted by Gasteiger charge is 1.95. The van der Waals surface area contributed by atoms with Crippen molar-refractivity contribution in [3.8, 4) is 0 Å². The SMILES string of the molecule is CC(=O)NCCc1cccnc1.CN(C=O)CC(N)=O. The van der Waals surface area contributed by atoms with Crippen LogP contribution in [-0.4, -0.2) is 48.2 Å². The van der Waals surface area contributed by atoms with Gasteiger partial charge >= 0.3 is 0 Å². The van der Waals surface area contributed by atoms with Crippen LogP contribution in [0.1, 0.15) is 12.5 Å². The quantitative estimate of drug-likeness (QED) is 0.673. The maximum Gasteiger partial charge on any atom is 0.237 e. The molecule has 110 valence electrons. The van der Waals surface area contributed by atoms with Crippen molar-refractivity contribution in [1.29, 1.82) is 0 Å². The second-order valence-corrected chi connectivity index (χ2v) is 4.08. The normalized spacial score (nSPS) is 8.90. The fourth-order valence-corrected chi connectivity index (χ4v) is 1.21. The molecule has 1 heterocycles. The Morgan fingerprint density at radius 3 is 2.60 bits per heavy atom. The third-order valence-electron chi connectivity index (χ3n) is 2.10. The zero-order valence-electron chi connectivity index (χ0n) is 11.7. The summed E-state index contributed by atoms with van der Waals surface area (Å²) in [4.78, 5) is 35.4. The first-order valence-electron chi connectivity index (χ1n) is 6.03. The molecule has 0 unspecified atom stereocenters. The largest absolute Gasteiger partial charge is 0.368 e. The van der Waals surface area contributed by atoms with E-state index in [4.69, 9.17) is 5.73 Å². The fourth-order valence-electron chi connectivity index (χ4n) is 1.21. The van der Waals surface area contributed by atoms with Gasteiger partial charge in [-0.1, -0.05) is 6.07 Å². The third kappa shape index (κ3) is 10.7. The minimum Gasteiger partial charge on any atom is -0.368 e. The van der Waals surface area contributed by atoms with Gasteiger partial charge in [0.15, 0.2) is 0 Å². The predicted molar refractivity (Wildman–Crippen MR) is 74.5 cm³/mol. The van der Waals surface area contributed by atoms with E-state index in [1.54, 1.807) is 6.20 Å². The van der Waals surface area contributed by atoms with Gasteiger partial charge in [0.05, 0.1) is 6.54 Å². The number of nitrogens with one attached hydrogen (secondary N) is 1. The van der Waals surface area contributed by atoms with Crippen LogP contribution < -0.4 is 11.1 Å². The number of likely N-dealkylation sites (N-methyl/N-ethyl adjacent to an activating group) is 1. The number of pyridine rings is 1. The highest BCUT2D eigenvalue weighted by atomic mass is 16.2. The van der Waals surface area contributed by atoms with Gasteiger partial charge in [0.1, 0.15) is 0 Å². The Morgan fingerprint density at radius 2 is 2.20 bits per heavy atom. The van der Waals surface area contributed by atoms with Crippen molar-refractivity contribution in [3.63, 3.8) is 0 Å². The van der Waals surface area contributed by atoms with Crippen LogP contribution in [0.5, 0.6) is 0 Å². The molecule has 1 rings (SSSR count). The summed E-state index contributed by atoms with van der Waals surface area (Å²) in [7, 11) is 1.48. The number of hydrogen-bond donors (Lipinski definition) is 2. The number of nitrogens with two attached hydrogens (primary N) is 1. The van der Waals surface area contributed by atoms with Crippen LogP contribution in [0.15, 0.2) is 24.5 Å². The van der Waals surface area contributed by atoms with Crippen molar-refractivity contribution < 1.29 is 14.4 Å². The Kier molecular flexibility index (Phi) is 9.20. The monoisotopic (exact) mass is 280 g/mol. The molecule has 0 aliphatic carbocycles. The van der Waals surface area contributed by atoms with Crippen LogP contribution in [-0.2, 0) is 20.8 Å². The van der Waals surface area contributed by atoms with E-state index in [2.05, 4.69) is 10.3 Å². The van der Waals surface area contributed by atoms with Crippen LogP contribution in [0.3, 0.4) is 0 Å². The number of carbonyl (C=O) groups excluding carboxylic acids is 3. The summed E-state index contributed by atoms with van der Waals surface area (Å²) in [6.45, 7) is 2.19. The molecule has 7 heteroatoms. The van der Waals surface area contributed by atoms with E-state index >= 15 is 0 Å². The summed E-state index contributed by atoms with van der Waals surface area (Å²) in [5, 5.41) is 2.73. The average molecular weight is 280 g/mol. The summed E-state index contributed by atoms with van der Waals surface area (Å²) < 4.78 is 0. The third-order valence-corrected chi connectivity index (χ3v) is 2.10. The molecular formula is C13H20N4O3. The average Bonchev–Trinajstić information content (AvgIpc) is 2.39. The Bertz CT molecular complexity index is 423. The minimum atomic E-state index is -0.500. The van der Waals surface area contributed by atoms with Crippen molar-refractivity contribution in [2.45, 2.75) is 13.3 Å². The molecule has 1 aromatic rings. The zero-order chi connectivity index (χ0) is 15.4. The van der Waals surface area contributed by atoms with Gasteiger partial charge in [0.2, 0.25) is 18.2 Å². The van der Waals surface area contributed by atoms with E-state index in [-0.39, 0.29) is 12.5 Å². The fraction of sp³-hybridized carbons (Fsp3) is 0.385. The van der Waals surface area contributed by atoms with E-state index in [1.165, 1.54) is 18.9 Å². The van der Waals surface area contributed by atoms with Gasteiger partial charge in [-0.05, 0) is 18.1 Å². The zero-order valence-corrected chi connectivity index (χ0v) is 11.7. The van der Waals surface area contributed by atoms with Crippen molar-refractivity contribution in [2.24, 2.45) is 5.73 Å². The molecule has 0 saturated carbocycles. The number of rotatable bonds is 6. The molecule has 0 aliphatic heterocycles. The van der Waals surface area contributed by atoms with Crippen LogP contribution in [0.4, 0.5) is 0 Å². The molecule has 0 radical (unpaired) electrons. The lowest BCUT2D eigenvalue weighted by molar-refractivity contribution is -0.125. The predicted octanol–water partition coefficient (Wildman–Crippen LogP) is -0.680. The molecule has 3 N–H and O–H groups in total. The molecule has 20 heavy (non-hydrogen) atoms. The van der Waals surface area contributed by atoms with E-state index in [0.717, 1.165) is 12.0 Å². The standard InChI is InChI=1S/C9H12N2O.C4H8N2O2/c1-8(12)11-6-4-9-3-2-5-10-7-9;1-6(3-7)2-4(5)8/h2-3,5,7H,4,6H2,1H3,(H,11,12);3H,2H2,1H3,(H2,5,8). The topological polar surface area (TPSA) is 105 Å². The van der Waals surface area contributed by atoms with Crippen molar-refractivity contribution in [3.05, 3.63) is 30.1 Å². The number of carbonyl (C=O) groups is 3. The first-order chi connectivity index (χ1) is 9.45. The molecule has 3 amide bonds. The van der Waals surface area contributed by atoms with Gasteiger partial charge in [-0.25, -0.2) is 0 Å². The van der Waals surface area contributed by atoms with Crippen molar-refractivity contribution in [2.75, 3.05) is 20.1 Å². The molecule has 7 nitrogen and oxygen atoms in total. The lowest BCUT2D eigenvalue weighted by Gasteiger charge is -2.04. The minimum absolute atomic E-state index is 0.0104. The Labute approximate surface area is 118 Å². The molecule has 0 atom stereocenters. The van der Waals surface area contributed by atoms with Crippen molar-refractivity contribution in [1.82, 2.24) is 15.2 Å². The number of hydrogen-bond acceptors (Lipinski definition) is 4. The number of nitrogens with zero attached hydrogens (tertiary/aromatic N) is 2. The summed E-state index contributed by atoms with van der Waals surface area (Å²) in [6, 6.07) is 3.89.